The predicted molar refractivity (Wildman–Crippen MR) is 67.2 cm³/mol. The molecule has 1 rings (SSSR count). The summed E-state index contributed by atoms with van der Waals surface area (Å²) in [6, 6.07) is 8.38. The first-order valence-corrected chi connectivity index (χ1v) is 5.93. The fourth-order valence-corrected chi connectivity index (χ4v) is 1.53. The molecule has 0 radical (unpaired) electrons. The number of rotatable bonds is 8. The molecule has 0 aliphatic rings. The summed E-state index contributed by atoms with van der Waals surface area (Å²) in [6.07, 6.45) is 1.02. The first-order chi connectivity index (χ1) is 7.88. The van der Waals surface area contributed by atoms with E-state index in [9.17, 15) is 0 Å². The van der Waals surface area contributed by atoms with Gasteiger partial charge in [0.05, 0.1) is 6.61 Å². The molecule has 0 unspecified atom stereocenters. The molecule has 1 aromatic rings. The van der Waals surface area contributed by atoms with Crippen molar-refractivity contribution in [3.8, 4) is 0 Å². The monoisotopic (exact) mass is 222 g/mol. The first-order valence-electron chi connectivity index (χ1n) is 5.93. The summed E-state index contributed by atoms with van der Waals surface area (Å²) in [5, 5.41) is 3.38. The molecule has 1 aromatic carbocycles. The maximum absolute atomic E-state index is 5.44. The molecular formula is C13H22N2O. The second-order valence-electron chi connectivity index (χ2n) is 3.72. The van der Waals surface area contributed by atoms with Gasteiger partial charge in [0.1, 0.15) is 0 Å². The maximum Gasteiger partial charge on any atom is 0.0719 e. The lowest BCUT2D eigenvalue weighted by Crippen LogP contribution is -2.18. The van der Waals surface area contributed by atoms with Gasteiger partial charge in [-0.1, -0.05) is 24.3 Å². The van der Waals surface area contributed by atoms with Gasteiger partial charge in [-0.05, 0) is 37.6 Å². The van der Waals surface area contributed by atoms with E-state index < -0.39 is 0 Å². The van der Waals surface area contributed by atoms with E-state index in [4.69, 9.17) is 10.5 Å². The van der Waals surface area contributed by atoms with E-state index in [1.807, 2.05) is 6.92 Å². The van der Waals surface area contributed by atoms with E-state index in [1.165, 1.54) is 11.1 Å². The van der Waals surface area contributed by atoms with Crippen LogP contribution in [-0.4, -0.2) is 19.7 Å². The van der Waals surface area contributed by atoms with Crippen molar-refractivity contribution in [1.29, 1.82) is 0 Å². The molecular weight excluding hydrogens is 200 g/mol. The van der Waals surface area contributed by atoms with E-state index >= 15 is 0 Å². The quantitative estimate of drug-likeness (QED) is 0.658. The van der Waals surface area contributed by atoms with Crippen LogP contribution >= 0.6 is 0 Å². The van der Waals surface area contributed by atoms with Gasteiger partial charge < -0.3 is 15.8 Å². The van der Waals surface area contributed by atoms with Crippen molar-refractivity contribution in [1.82, 2.24) is 5.32 Å². The van der Waals surface area contributed by atoms with Crippen LogP contribution in [0, 0.1) is 0 Å². The minimum absolute atomic E-state index is 0.700. The lowest BCUT2D eigenvalue weighted by Gasteiger charge is -2.10. The number of ether oxygens (including phenoxy) is 1. The molecule has 3 heteroatoms. The molecule has 0 heterocycles. The molecule has 0 saturated heterocycles. The molecule has 0 spiro atoms. The van der Waals surface area contributed by atoms with Crippen LogP contribution in [0.1, 0.15) is 24.5 Å². The summed E-state index contributed by atoms with van der Waals surface area (Å²) < 4.78 is 5.44. The fourth-order valence-electron chi connectivity index (χ4n) is 1.53. The Kier molecular flexibility index (Phi) is 6.81. The third kappa shape index (κ3) is 4.75. The maximum atomic E-state index is 5.44. The van der Waals surface area contributed by atoms with Gasteiger partial charge in [0, 0.05) is 13.2 Å². The van der Waals surface area contributed by atoms with Crippen LogP contribution in [0.15, 0.2) is 24.3 Å². The summed E-state index contributed by atoms with van der Waals surface area (Å²) in [5.41, 5.74) is 8.02. The van der Waals surface area contributed by atoms with Crippen molar-refractivity contribution >= 4 is 0 Å². The zero-order valence-corrected chi connectivity index (χ0v) is 10.0. The highest BCUT2D eigenvalue weighted by atomic mass is 16.5. The van der Waals surface area contributed by atoms with Gasteiger partial charge in [-0.3, -0.25) is 0 Å². The van der Waals surface area contributed by atoms with Crippen LogP contribution in [0.25, 0.3) is 0 Å². The Balaban J connectivity index is 2.43. The zero-order valence-electron chi connectivity index (χ0n) is 10.0. The Morgan fingerprint density at radius 1 is 1.25 bits per heavy atom. The van der Waals surface area contributed by atoms with Gasteiger partial charge in [-0.15, -0.1) is 0 Å². The molecule has 0 aliphatic heterocycles. The van der Waals surface area contributed by atoms with Gasteiger partial charge in [0.15, 0.2) is 0 Å². The van der Waals surface area contributed by atoms with Crippen molar-refractivity contribution in [2.24, 2.45) is 5.73 Å². The van der Waals surface area contributed by atoms with Crippen molar-refractivity contribution in [2.75, 3.05) is 19.7 Å². The molecule has 0 saturated carbocycles. The lowest BCUT2D eigenvalue weighted by atomic mass is 10.1. The van der Waals surface area contributed by atoms with Gasteiger partial charge in [0.2, 0.25) is 0 Å². The molecule has 0 fully saturated rings. The minimum Gasteiger partial charge on any atom is -0.377 e. The smallest absolute Gasteiger partial charge is 0.0719 e. The summed E-state index contributed by atoms with van der Waals surface area (Å²) >= 11 is 0. The van der Waals surface area contributed by atoms with Crippen molar-refractivity contribution in [3.05, 3.63) is 35.4 Å². The number of nitrogens with two attached hydrogens (primary N) is 1. The van der Waals surface area contributed by atoms with Crippen LogP contribution in [-0.2, 0) is 17.9 Å². The third-order valence-electron chi connectivity index (χ3n) is 2.45. The topological polar surface area (TPSA) is 47.3 Å². The van der Waals surface area contributed by atoms with E-state index in [-0.39, 0.29) is 0 Å². The van der Waals surface area contributed by atoms with Crippen LogP contribution < -0.4 is 11.1 Å². The van der Waals surface area contributed by atoms with Gasteiger partial charge >= 0.3 is 0 Å². The van der Waals surface area contributed by atoms with E-state index in [1.54, 1.807) is 0 Å². The minimum atomic E-state index is 0.700. The molecule has 3 N–H and O–H groups in total. The van der Waals surface area contributed by atoms with Gasteiger partial charge in [0.25, 0.3) is 0 Å². The number of hydrogen-bond donors (Lipinski definition) is 2. The lowest BCUT2D eigenvalue weighted by molar-refractivity contribution is 0.133. The molecule has 0 aliphatic carbocycles. The summed E-state index contributed by atoms with van der Waals surface area (Å²) in [6.45, 7) is 6.08. The van der Waals surface area contributed by atoms with E-state index in [0.717, 1.165) is 32.7 Å². The molecule has 0 amide bonds. The number of nitrogens with one attached hydrogen (secondary N) is 1. The van der Waals surface area contributed by atoms with Crippen LogP contribution in [0.4, 0.5) is 0 Å². The third-order valence-corrected chi connectivity index (χ3v) is 2.45. The Bertz CT molecular complexity index is 289. The fraction of sp³-hybridized carbons (Fsp3) is 0.538. The standard InChI is InChI=1S/C13H22N2O/c1-2-16-11-13-7-4-3-6-12(13)10-15-9-5-8-14/h3-4,6-7,15H,2,5,8-11,14H2,1H3. The normalized spacial score (nSPS) is 10.6. The Labute approximate surface area is 98.0 Å². The molecule has 0 bridgehead atoms. The van der Waals surface area contributed by atoms with Crippen molar-refractivity contribution < 1.29 is 4.74 Å². The van der Waals surface area contributed by atoms with Crippen molar-refractivity contribution in [3.63, 3.8) is 0 Å². The number of hydrogen-bond acceptors (Lipinski definition) is 3. The molecule has 3 nitrogen and oxygen atoms in total. The molecule has 16 heavy (non-hydrogen) atoms. The second-order valence-corrected chi connectivity index (χ2v) is 3.72. The van der Waals surface area contributed by atoms with Gasteiger partial charge in [-0.25, -0.2) is 0 Å². The highest BCUT2D eigenvalue weighted by Crippen LogP contribution is 2.09. The van der Waals surface area contributed by atoms with Crippen LogP contribution in [0.3, 0.4) is 0 Å². The summed E-state index contributed by atoms with van der Waals surface area (Å²) in [5.74, 6) is 0. The average molecular weight is 222 g/mol. The van der Waals surface area contributed by atoms with Crippen LogP contribution in [0.5, 0.6) is 0 Å². The Hall–Kier alpha value is -0.900. The Morgan fingerprint density at radius 3 is 2.69 bits per heavy atom. The number of benzene rings is 1. The highest BCUT2D eigenvalue weighted by Gasteiger charge is 2.00. The van der Waals surface area contributed by atoms with E-state index in [2.05, 4.69) is 29.6 Å². The Morgan fingerprint density at radius 2 is 2.00 bits per heavy atom. The average Bonchev–Trinajstić information content (AvgIpc) is 2.33. The summed E-state index contributed by atoms with van der Waals surface area (Å²) in [7, 11) is 0. The SMILES string of the molecule is CCOCc1ccccc1CNCCCN. The first kappa shape index (κ1) is 13.2. The largest absolute Gasteiger partial charge is 0.377 e. The highest BCUT2D eigenvalue weighted by molar-refractivity contribution is 5.26. The van der Waals surface area contributed by atoms with E-state index in [0.29, 0.717) is 6.61 Å². The molecule has 0 atom stereocenters. The second kappa shape index (κ2) is 8.28. The van der Waals surface area contributed by atoms with Crippen LogP contribution in [0.2, 0.25) is 0 Å². The summed E-state index contributed by atoms with van der Waals surface area (Å²) in [4.78, 5) is 0. The molecule has 90 valence electrons. The molecule has 0 aromatic heterocycles. The van der Waals surface area contributed by atoms with Crippen molar-refractivity contribution in [2.45, 2.75) is 26.5 Å². The van der Waals surface area contributed by atoms with Gasteiger partial charge in [-0.2, -0.15) is 0 Å². The predicted octanol–water partition coefficient (Wildman–Crippen LogP) is 1.66. The zero-order chi connectivity index (χ0) is 11.6.